The van der Waals surface area contributed by atoms with E-state index in [1.165, 1.54) is 12.3 Å². The summed E-state index contributed by atoms with van der Waals surface area (Å²) in [7, 11) is -4.06. The normalized spacial score (nSPS) is 12.7. The lowest BCUT2D eigenvalue weighted by Crippen LogP contribution is -2.28. The van der Waals surface area contributed by atoms with Crippen LogP contribution in [0.15, 0.2) is 23.2 Å². The fraction of sp³-hybridized carbons (Fsp3) is 0.375. The summed E-state index contributed by atoms with van der Waals surface area (Å²) in [4.78, 5) is 3.18. The molecule has 4 nitrogen and oxygen atoms in total. The van der Waals surface area contributed by atoms with E-state index in [4.69, 9.17) is 11.6 Å². The van der Waals surface area contributed by atoms with Crippen molar-refractivity contribution >= 4 is 21.6 Å². The highest BCUT2D eigenvalue weighted by atomic mass is 35.5. The van der Waals surface area contributed by atoms with Gasteiger partial charge in [0.15, 0.2) is 0 Å². The molecular weight excluding hydrogens is 281 g/mol. The maximum Gasteiger partial charge on any atom is 0.390 e. The molecular formula is C8H8ClF3N2O2S. The van der Waals surface area contributed by atoms with Crippen LogP contribution < -0.4 is 4.72 Å². The number of nitrogens with zero attached hydrogens (tertiary/aromatic N) is 1. The molecule has 0 radical (unpaired) electrons. The van der Waals surface area contributed by atoms with Crippen molar-refractivity contribution in [2.24, 2.45) is 0 Å². The van der Waals surface area contributed by atoms with E-state index < -0.39 is 29.2 Å². The number of rotatable bonds is 4. The Hall–Kier alpha value is -0.860. The van der Waals surface area contributed by atoms with E-state index in [9.17, 15) is 21.6 Å². The number of pyridine rings is 1. The molecule has 0 aliphatic carbocycles. The molecule has 0 amide bonds. The van der Waals surface area contributed by atoms with E-state index in [1.807, 2.05) is 0 Å². The van der Waals surface area contributed by atoms with Crippen molar-refractivity contribution in [2.75, 3.05) is 6.54 Å². The molecule has 9 heteroatoms. The number of nitrogens with one attached hydrogen (secondary N) is 1. The molecule has 0 unspecified atom stereocenters. The zero-order valence-corrected chi connectivity index (χ0v) is 9.90. The zero-order chi connectivity index (χ0) is 13.1. The lowest BCUT2D eigenvalue weighted by molar-refractivity contribution is -0.132. The molecule has 17 heavy (non-hydrogen) atoms. The van der Waals surface area contributed by atoms with Crippen molar-refractivity contribution in [3.05, 3.63) is 23.5 Å². The van der Waals surface area contributed by atoms with Crippen molar-refractivity contribution < 1.29 is 21.6 Å². The summed E-state index contributed by atoms with van der Waals surface area (Å²) >= 11 is 5.53. The van der Waals surface area contributed by atoms with E-state index in [0.29, 0.717) is 0 Å². The molecule has 0 bridgehead atoms. The first kappa shape index (κ1) is 14.2. The van der Waals surface area contributed by atoms with Crippen molar-refractivity contribution in [3.63, 3.8) is 0 Å². The highest BCUT2D eigenvalue weighted by molar-refractivity contribution is 7.89. The van der Waals surface area contributed by atoms with E-state index in [1.54, 1.807) is 4.72 Å². The molecule has 0 fully saturated rings. The number of hydrogen-bond acceptors (Lipinski definition) is 3. The number of aromatic nitrogens is 1. The van der Waals surface area contributed by atoms with Crippen LogP contribution in [0.4, 0.5) is 13.2 Å². The molecule has 0 spiro atoms. The molecule has 96 valence electrons. The third-order valence-corrected chi connectivity index (χ3v) is 3.62. The first-order chi connectivity index (χ1) is 7.72. The van der Waals surface area contributed by atoms with Crippen LogP contribution in [0.3, 0.4) is 0 Å². The van der Waals surface area contributed by atoms with Gasteiger partial charge in [0.2, 0.25) is 10.0 Å². The Morgan fingerprint density at radius 2 is 2.06 bits per heavy atom. The van der Waals surface area contributed by atoms with Crippen LogP contribution in [0.2, 0.25) is 5.15 Å². The highest BCUT2D eigenvalue weighted by Crippen LogP contribution is 2.20. The number of sulfonamides is 1. The van der Waals surface area contributed by atoms with Crippen LogP contribution in [-0.4, -0.2) is 26.1 Å². The second kappa shape index (κ2) is 5.19. The van der Waals surface area contributed by atoms with Crippen LogP contribution in [0, 0.1) is 0 Å². The summed E-state index contributed by atoms with van der Waals surface area (Å²) < 4.78 is 60.4. The summed E-state index contributed by atoms with van der Waals surface area (Å²) in [5.74, 6) is 0. The SMILES string of the molecule is O=S(=O)(NCCC(F)(F)F)c1cccnc1Cl. The Labute approximate surface area is 101 Å². The lowest BCUT2D eigenvalue weighted by Gasteiger charge is -2.09. The first-order valence-corrected chi connectivity index (χ1v) is 6.25. The van der Waals surface area contributed by atoms with Crippen LogP contribution in [0.25, 0.3) is 0 Å². The minimum Gasteiger partial charge on any atom is -0.243 e. The first-order valence-electron chi connectivity index (χ1n) is 4.39. The van der Waals surface area contributed by atoms with Gasteiger partial charge in [0.1, 0.15) is 10.0 Å². The van der Waals surface area contributed by atoms with Gasteiger partial charge in [-0.15, -0.1) is 0 Å². The van der Waals surface area contributed by atoms with E-state index >= 15 is 0 Å². The quantitative estimate of drug-likeness (QED) is 0.862. The average Bonchev–Trinajstić information content (AvgIpc) is 2.15. The number of alkyl halides is 3. The molecule has 1 N–H and O–H groups in total. The Bertz CT molecular complexity index is 490. The molecule has 0 aliphatic heterocycles. The lowest BCUT2D eigenvalue weighted by atomic mass is 10.4. The van der Waals surface area contributed by atoms with E-state index in [-0.39, 0.29) is 10.0 Å². The van der Waals surface area contributed by atoms with Gasteiger partial charge >= 0.3 is 6.18 Å². The predicted octanol–water partition coefficient (Wildman–Crippen LogP) is 1.97. The smallest absolute Gasteiger partial charge is 0.243 e. The number of halogens is 4. The second-order valence-electron chi connectivity index (χ2n) is 3.06. The van der Waals surface area contributed by atoms with Crippen molar-refractivity contribution in [3.8, 4) is 0 Å². The fourth-order valence-electron chi connectivity index (χ4n) is 0.977. The molecule has 1 rings (SSSR count). The third kappa shape index (κ3) is 4.49. The summed E-state index contributed by atoms with van der Waals surface area (Å²) in [6.07, 6.45) is -4.39. The van der Waals surface area contributed by atoms with Gasteiger partial charge in [0, 0.05) is 12.7 Å². The third-order valence-electron chi connectivity index (χ3n) is 1.71. The topological polar surface area (TPSA) is 59.1 Å². The Balaban J connectivity index is 2.74. The highest BCUT2D eigenvalue weighted by Gasteiger charge is 2.28. The molecule has 1 aromatic rings. The molecule has 0 saturated heterocycles. The van der Waals surface area contributed by atoms with Crippen LogP contribution >= 0.6 is 11.6 Å². The minimum absolute atomic E-state index is 0.285. The maximum absolute atomic E-state index is 11.8. The van der Waals surface area contributed by atoms with E-state index in [2.05, 4.69) is 4.98 Å². The van der Waals surface area contributed by atoms with Gasteiger partial charge in [-0.05, 0) is 12.1 Å². The average molecular weight is 289 g/mol. The second-order valence-corrected chi connectivity index (χ2v) is 5.15. The van der Waals surface area contributed by atoms with Gasteiger partial charge in [-0.2, -0.15) is 13.2 Å². The minimum atomic E-state index is -4.42. The molecule has 0 aromatic carbocycles. The van der Waals surface area contributed by atoms with Crippen molar-refractivity contribution in [1.29, 1.82) is 0 Å². The fourth-order valence-corrected chi connectivity index (χ4v) is 2.46. The van der Waals surface area contributed by atoms with Crippen LogP contribution in [0.5, 0.6) is 0 Å². The van der Waals surface area contributed by atoms with E-state index in [0.717, 1.165) is 6.07 Å². The summed E-state index contributed by atoms with van der Waals surface area (Å²) in [6, 6.07) is 2.48. The zero-order valence-electron chi connectivity index (χ0n) is 8.33. The Kier molecular flexibility index (Phi) is 4.34. The monoisotopic (exact) mass is 288 g/mol. The maximum atomic E-state index is 11.8. The van der Waals surface area contributed by atoms with Gasteiger partial charge in [-0.25, -0.2) is 18.1 Å². The predicted molar refractivity (Wildman–Crippen MR) is 55.1 cm³/mol. The largest absolute Gasteiger partial charge is 0.390 e. The van der Waals surface area contributed by atoms with Crippen LogP contribution in [-0.2, 0) is 10.0 Å². The summed E-state index contributed by atoms with van der Waals surface area (Å²) in [5, 5.41) is -0.285. The van der Waals surface area contributed by atoms with Crippen molar-refractivity contribution in [1.82, 2.24) is 9.71 Å². The van der Waals surface area contributed by atoms with Crippen molar-refractivity contribution in [2.45, 2.75) is 17.5 Å². The van der Waals surface area contributed by atoms with Gasteiger partial charge in [-0.1, -0.05) is 11.6 Å². The summed E-state index contributed by atoms with van der Waals surface area (Å²) in [5.41, 5.74) is 0. The number of hydrogen-bond donors (Lipinski definition) is 1. The van der Waals surface area contributed by atoms with Gasteiger partial charge in [0.25, 0.3) is 0 Å². The summed E-state index contributed by atoms with van der Waals surface area (Å²) in [6.45, 7) is -0.739. The Morgan fingerprint density at radius 3 is 2.59 bits per heavy atom. The standard InChI is InChI=1S/C8H8ClF3N2O2S/c9-7-6(2-1-4-13-7)17(15,16)14-5-3-8(10,11)12/h1-2,4,14H,3,5H2. The Morgan fingerprint density at radius 1 is 1.41 bits per heavy atom. The molecule has 0 saturated carbocycles. The molecule has 0 atom stereocenters. The van der Waals surface area contributed by atoms with Gasteiger partial charge in [0.05, 0.1) is 6.42 Å². The van der Waals surface area contributed by atoms with Gasteiger partial charge in [-0.3, -0.25) is 0 Å². The molecule has 1 heterocycles. The molecule has 1 aromatic heterocycles. The van der Waals surface area contributed by atoms with Gasteiger partial charge < -0.3 is 0 Å². The molecule has 0 aliphatic rings. The van der Waals surface area contributed by atoms with Crippen LogP contribution in [0.1, 0.15) is 6.42 Å².